The number of rotatable bonds is 8. The van der Waals surface area contributed by atoms with Gasteiger partial charge >= 0.3 is 0 Å². The van der Waals surface area contributed by atoms with Crippen LogP contribution in [-0.4, -0.2) is 59.3 Å². The topological polar surface area (TPSA) is 101 Å². The third-order valence-corrected chi connectivity index (χ3v) is 6.15. The minimum Gasteiger partial charge on any atom is -0.357 e. The Balaban J connectivity index is 0.00000576. The highest BCUT2D eigenvalue weighted by molar-refractivity contribution is 14.0. The van der Waals surface area contributed by atoms with Gasteiger partial charge in [0.05, 0.1) is 17.0 Å². The molecule has 0 saturated carbocycles. The quantitative estimate of drug-likeness (QED) is 0.326. The van der Waals surface area contributed by atoms with Crippen LogP contribution < -0.4 is 10.6 Å². The number of hydrogen-bond acceptors (Lipinski definition) is 5. The Bertz CT molecular complexity index is 637. The Morgan fingerprint density at radius 2 is 1.96 bits per heavy atom. The molecule has 0 bridgehead atoms. The normalized spacial score (nSPS) is 12.6. The van der Waals surface area contributed by atoms with Crippen molar-refractivity contribution in [3.05, 3.63) is 12.2 Å². The molecule has 25 heavy (non-hydrogen) atoms. The van der Waals surface area contributed by atoms with Gasteiger partial charge in [-0.15, -0.1) is 34.2 Å². The van der Waals surface area contributed by atoms with Gasteiger partial charge in [-0.05, 0) is 27.7 Å². The molecule has 0 unspecified atom stereocenters. The van der Waals surface area contributed by atoms with Gasteiger partial charge in [-0.3, -0.25) is 4.99 Å². The molecule has 2 N–H and O–H groups in total. The predicted octanol–water partition coefficient (Wildman–Crippen LogP) is 1.23. The van der Waals surface area contributed by atoms with Gasteiger partial charge in [0.1, 0.15) is 12.2 Å². The number of nitrogens with zero attached hydrogens (tertiary/aromatic N) is 4. The lowest BCUT2D eigenvalue weighted by Crippen LogP contribution is -2.39. The molecule has 1 aromatic heterocycles. The zero-order valence-electron chi connectivity index (χ0n) is 15.7. The van der Waals surface area contributed by atoms with Crippen molar-refractivity contribution in [1.82, 2.24) is 25.4 Å². The van der Waals surface area contributed by atoms with E-state index in [4.69, 9.17) is 0 Å². The van der Waals surface area contributed by atoms with Crippen LogP contribution in [0.25, 0.3) is 0 Å². The number of aliphatic imine (C=N–C) groups is 1. The minimum absolute atomic E-state index is 0. The number of guanidine groups is 1. The molecule has 0 aliphatic carbocycles. The zero-order chi connectivity index (χ0) is 18.2. The van der Waals surface area contributed by atoms with Crippen LogP contribution in [0.1, 0.15) is 40.4 Å². The molecule has 0 radical (unpaired) electrons. The second kappa shape index (κ2) is 10.9. The molecule has 146 valence electrons. The molecule has 0 fully saturated rings. The first kappa shape index (κ1) is 24.1. The van der Waals surface area contributed by atoms with Crippen LogP contribution in [0.2, 0.25) is 0 Å². The molecule has 0 aliphatic heterocycles. The summed E-state index contributed by atoms with van der Waals surface area (Å²) in [5.41, 5.74) is 0. The van der Waals surface area contributed by atoms with Crippen molar-refractivity contribution in [3.8, 4) is 0 Å². The molecule has 0 atom stereocenters. The summed E-state index contributed by atoms with van der Waals surface area (Å²) < 4.78 is 25.4. The Hall–Kier alpha value is -0.910. The van der Waals surface area contributed by atoms with Gasteiger partial charge in [-0.2, -0.15) is 0 Å². The molecule has 1 aromatic rings. The van der Waals surface area contributed by atoms with E-state index in [0.717, 1.165) is 18.8 Å². The average Bonchev–Trinajstić information content (AvgIpc) is 2.93. The molecule has 1 heterocycles. The molecule has 0 aromatic carbocycles. The van der Waals surface area contributed by atoms with Crippen LogP contribution in [-0.2, 0) is 22.8 Å². The van der Waals surface area contributed by atoms with Gasteiger partial charge in [-0.25, -0.2) is 8.42 Å². The van der Waals surface area contributed by atoms with E-state index in [0.29, 0.717) is 19.0 Å². The van der Waals surface area contributed by atoms with Gasteiger partial charge in [0.15, 0.2) is 15.8 Å². The van der Waals surface area contributed by atoms with E-state index in [1.54, 1.807) is 27.1 Å². The van der Waals surface area contributed by atoms with Crippen molar-refractivity contribution in [1.29, 1.82) is 0 Å². The molecule has 0 aliphatic rings. The standard InChI is InChI=1S/C15H30N6O2S.HI/c1-6-13-20-19-12-21(13)10-8-17-14(16-7-2)18-9-11-24(22,23)15(3,4)5;/h12H,6-11H2,1-5H3,(H2,16,17,18);1H. The van der Waals surface area contributed by atoms with E-state index in [-0.39, 0.29) is 36.3 Å². The van der Waals surface area contributed by atoms with Crippen molar-refractivity contribution in [2.45, 2.75) is 52.3 Å². The van der Waals surface area contributed by atoms with Crippen LogP contribution in [0.4, 0.5) is 0 Å². The van der Waals surface area contributed by atoms with Crippen molar-refractivity contribution < 1.29 is 8.42 Å². The van der Waals surface area contributed by atoms with Crippen molar-refractivity contribution >= 4 is 39.8 Å². The Kier molecular flexibility index (Phi) is 10.5. The summed E-state index contributed by atoms with van der Waals surface area (Å²) >= 11 is 0. The predicted molar refractivity (Wildman–Crippen MR) is 112 cm³/mol. The smallest absolute Gasteiger partial charge is 0.191 e. The Morgan fingerprint density at radius 3 is 2.52 bits per heavy atom. The van der Waals surface area contributed by atoms with Crippen molar-refractivity contribution in [2.24, 2.45) is 4.99 Å². The number of aryl methyl sites for hydroxylation is 1. The molecule has 0 amide bonds. The first-order valence-electron chi connectivity index (χ1n) is 8.32. The third-order valence-electron chi connectivity index (χ3n) is 3.56. The first-order chi connectivity index (χ1) is 11.2. The van der Waals surface area contributed by atoms with Gasteiger partial charge < -0.3 is 15.2 Å². The van der Waals surface area contributed by atoms with Gasteiger partial charge in [-0.1, -0.05) is 6.92 Å². The van der Waals surface area contributed by atoms with Gasteiger partial charge in [0.25, 0.3) is 0 Å². The molecule has 8 nitrogen and oxygen atoms in total. The maximum atomic E-state index is 12.1. The van der Waals surface area contributed by atoms with Crippen LogP contribution in [0.3, 0.4) is 0 Å². The molecular formula is C15H31IN6O2S. The van der Waals surface area contributed by atoms with Crippen molar-refractivity contribution in [3.63, 3.8) is 0 Å². The van der Waals surface area contributed by atoms with Gasteiger partial charge in [0, 0.05) is 26.1 Å². The number of aromatic nitrogens is 3. The summed E-state index contributed by atoms with van der Waals surface area (Å²) in [4.78, 5) is 4.35. The summed E-state index contributed by atoms with van der Waals surface area (Å²) in [6.45, 7) is 11.5. The fraction of sp³-hybridized carbons (Fsp3) is 0.800. The number of nitrogens with one attached hydrogen (secondary N) is 2. The second-order valence-electron chi connectivity index (χ2n) is 6.41. The van der Waals surface area contributed by atoms with E-state index in [1.807, 2.05) is 18.4 Å². The monoisotopic (exact) mass is 486 g/mol. The highest BCUT2D eigenvalue weighted by Gasteiger charge is 2.28. The molecular weight excluding hydrogens is 455 g/mol. The number of hydrogen-bond donors (Lipinski definition) is 2. The number of halogens is 1. The van der Waals surface area contributed by atoms with E-state index in [9.17, 15) is 8.42 Å². The summed E-state index contributed by atoms with van der Waals surface area (Å²) in [5, 5.41) is 14.3. The molecule has 0 spiro atoms. The summed E-state index contributed by atoms with van der Waals surface area (Å²) in [5.74, 6) is 1.60. The minimum atomic E-state index is -3.16. The fourth-order valence-corrected chi connectivity index (χ4v) is 2.90. The third kappa shape index (κ3) is 7.89. The van der Waals surface area contributed by atoms with Crippen LogP contribution in [0, 0.1) is 0 Å². The van der Waals surface area contributed by atoms with Crippen LogP contribution >= 0.6 is 24.0 Å². The van der Waals surface area contributed by atoms with E-state index in [1.165, 1.54) is 0 Å². The lowest BCUT2D eigenvalue weighted by atomic mass is 10.3. The Morgan fingerprint density at radius 1 is 1.28 bits per heavy atom. The van der Waals surface area contributed by atoms with Crippen LogP contribution in [0.15, 0.2) is 11.3 Å². The maximum Gasteiger partial charge on any atom is 0.191 e. The highest BCUT2D eigenvalue weighted by Crippen LogP contribution is 2.15. The fourth-order valence-electron chi connectivity index (χ4n) is 1.96. The largest absolute Gasteiger partial charge is 0.357 e. The maximum absolute atomic E-state index is 12.1. The molecule has 10 heteroatoms. The lowest BCUT2D eigenvalue weighted by Gasteiger charge is -2.18. The van der Waals surface area contributed by atoms with Crippen molar-refractivity contribution in [2.75, 3.05) is 25.4 Å². The molecule has 1 rings (SSSR count). The first-order valence-corrected chi connectivity index (χ1v) is 9.97. The van der Waals surface area contributed by atoms with E-state index >= 15 is 0 Å². The number of sulfone groups is 1. The van der Waals surface area contributed by atoms with E-state index < -0.39 is 14.6 Å². The zero-order valence-corrected chi connectivity index (χ0v) is 18.9. The highest BCUT2D eigenvalue weighted by atomic mass is 127. The lowest BCUT2D eigenvalue weighted by molar-refractivity contribution is 0.560. The van der Waals surface area contributed by atoms with Gasteiger partial charge in [0.2, 0.25) is 0 Å². The SMILES string of the molecule is CCNC(=NCCS(=O)(=O)C(C)(C)C)NCCn1cnnc1CC.I. The summed E-state index contributed by atoms with van der Waals surface area (Å²) in [7, 11) is -3.16. The summed E-state index contributed by atoms with van der Waals surface area (Å²) in [6.07, 6.45) is 2.54. The van der Waals surface area contributed by atoms with E-state index in [2.05, 4.69) is 25.8 Å². The summed E-state index contributed by atoms with van der Waals surface area (Å²) in [6, 6.07) is 0. The second-order valence-corrected chi connectivity index (χ2v) is 9.28. The average molecular weight is 486 g/mol. The Labute approximate surface area is 168 Å². The molecule has 0 saturated heterocycles. The van der Waals surface area contributed by atoms with Crippen LogP contribution in [0.5, 0.6) is 0 Å².